The standard InChI is InChI=1S/C14H17F3N2O6S2/c1-19(10-6-7-26(21,22)9-10)13(20)8-18-27(23,24)12-4-2-11(3-5-12)25-14(15,16)17/h2-5,10,18H,6-9H2,1H3/t10-/m0/s1. The van der Waals surface area contributed by atoms with E-state index >= 15 is 0 Å². The van der Waals surface area contributed by atoms with Crippen molar-refractivity contribution in [1.29, 1.82) is 0 Å². The van der Waals surface area contributed by atoms with Gasteiger partial charge in [-0.15, -0.1) is 13.2 Å². The van der Waals surface area contributed by atoms with Gasteiger partial charge >= 0.3 is 6.36 Å². The third kappa shape index (κ3) is 6.07. The number of nitrogens with one attached hydrogen (secondary N) is 1. The molecule has 1 N–H and O–H groups in total. The highest BCUT2D eigenvalue weighted by atomic mass is 32.2. The summed E-state index contributed by atoms with van der Waals surface area (Å²) in [5.74, 6) is -1.42. The maximum Gasteiger partial charge on any atom is 0.573 e. The van der Waals surface area contributed by atoms with Gasteiger partial charge in [0.2, 0.25) is 15.9 Å². The average Bonchev–Trinajstić information content (AvgIpc) is 2.91. The minimum Gasteiger partial charge on any atom is -0.406 e. The summed E-state index contributed by atoms with van der Waals surface area (Å²) in [7, 11) is -5.97. The largest absolute Gasteiger partial charge is 0.573 e. The second-order valence-corrected chi connectivity index (χ2v) is 9.90. The van der Waals surface area contributed by atoms with Gasteiger partial charge < -0.3 is 9.64 Å². The molecule has 0 aliphatic carbocycles. The summed E-state index contributed by atoms with van der Waals surface area (Å²) < 4.78 is 89.2. The van der Waals surface area contributed by atoms with E-state index in [9.17, 15) is 34.8 Å². The van der Waals surface area contributed by atoms with E-state index in [2.05, 4.69) is 4.74 Å². The van der Waals surface area contributed by atoms with Crippen LogP contribution in [0.4, 0.5) is 13.2 Å². The number of halogens is 3. The van der Waals surface area contributed by atoms with Gasteiger partial charge in [-0.2, -0.15) is 0 Å². The normalized spacial score (nSPS) is 19.6. The molecule has 0 unspecified atom stereocenters. The zero-order valence-corrected chi connectivity index (χ0v) is 15.7. The van der Waals surface area contributed by atoms with E-state index in [1.165, 1.54) is 11.9 Å². The summed E-state index contributed by atoms with van der Waals surface area (Å²) in [6.07, 6.45) is -4.62. The molecule has 152 valence electrons. The Kier molecular flexibility index (Phi) is 6.06. The van der Waals surface area contributed by atoms with E-state index < -0.39 is 50.5 Å². The van der Waals surface area contributed by atoms with Gasteiger partial charge in [0.15, 0.2) is 9.84 Å². The number of amides is 1. The van der Waals surface area contributed by atoms with E-state index in [1.54, 1.807) is 0 Å². The summed E-state index contributed by atoms with van der Waals surface area (Å²) in [6.45, 7) is -0.615. The van der Waals surface area contributed by atoms with Crippen molar-refractivity contribution in [3.8, 4) is 5.75 Å². The minimum absolute atomic E-state index is 0.0344. The number of ether oxygens (including phenoxy) is 1. The first kappa shape index (κ1) is 21.4. The number of sulfone groups is 1. The predicted octanol–water partition coefficient (Wildman–Crippen LogP) is 0.509. The van der Waals surface area contributed by atoms with Gasteiger partial charge in [0.25, 0.3) is 0 Å². The van der Waals surface area contributed by atoms with Crippen molar-refractivity contribution < 1.29 is 39.5 Å². The second kappa shape index (κ2) is 7.64. The minimum atomic E-state index is -4.90. The van der Waals surface area contributed by atoms with Gasteiger partial charge in [0.1, 0.15) is 5.75 Å². The maximum absolute atomic E-state index is 12.1. The quantitative estimate of drug-likeness (QED) is 0.704. The Morgan fingerprint density at radius 1 is 1.30 bits per heavy atom. The van der Waals surface area contributed by atoms with Gasteiger partial charge in [-0.25, -0.2) is 21.6 Å². The van der Waals surface area contributed by atoms with Crippen LogP contribution in [0.15, 0.2) is 29.2 Å². The number of benzene rings is 1. The van der Waals surface area contributed by atoms with Crippen LogP contribution in [0.5, 0.6) is 5.75 Å². The molecule has 1 heterocycles. The molecule has 0 saturated carbocycles. The number of alkyl halides is 3. The zero-order valence-electron chi connectivity index (χ0n) is 14.1. The summed E-state index contributed by atoms with van der Waals surface area (Å²) in [5.41, 5.74) is 0. The molecule has 13 heteroatoms. The first-order chi connectivity index (χ1) is 12.3. The van der Waals surface area contributed by atoms with Gasteiger partial charge in [0, 0.05) is 13.1 Å². The summed E-state index contributed by atoms with van der Waals surface area (Å²) in [5, 5.41) is 0. The third-order valence-corrected chi connectivity index (χ3v) is 7.10. The highest BCUT2D eigenvalue weighted by molar-refractivity contribution is 7.91. The number of nitrogens with zero attached hydrogens (tertiary/aromatic N) is 1. The Bertz CT molecular complexity index is 898. The van der Waals surface area contributed by atoms with E-state index in [1.807, 2.05) is 4.72 Å². The Morgan fingerprint density at radius 3 is 2.37 bits per heavy atom. The Hall–Kier alpha value is -1.86. The lowest BCUT2D eigenvalue weighted by molar-refractivity contribution is -0.274. The molecule has 1 fully saturated rings. The molecular weight excluding hydrogens is 413 g/mol. The Labute approximate surface area is 154 Å². The fourth-order valence-corrected chi connectivity index (χ4v) is 5.22. The van der Waals surface area contributed by atoms with Crippen LogP contribution < -0.4 is 9.46 Å². The molecule has 1 amide bonds. The molecule has 1 saturated heterocycles. The predicted molar refractivity (Wildman–Crippen MR) is 88.1 cm³/mol. The molecule has 27 heavy (non-hydrogen) atoms. The number of hydrogen-bond donors (Lipinski definition) is 1. The van der Waals surface area contributed by atoms with Crippen molar-refractivity contribution in [3.63, 3.8) is 0 Å². The highest BCUT2D eigenvalue weighted by Crippen LogP contribution is 2.24. The molecule has 2 rings (SSSR count). The van der Waals surface area contributed by atoms with Gasteiger partial charge in [0.05, 0.1) is 22.9 Å². The number of rotatable bonds is 6. The number of sulfonamides is 1. The first-order valence-corrected chi connectivity index (χ1v) is 10.9. The lowest BCUT2D eigenvalue weighted by atomic mass is 10.2. The SMILES string of the molecule is CN(C(=O)CNS(=O)(=O)c1ccc(OC(F)(F)F)cc1)[C@H]1CCS(=O)(=O)C1. The lowest BCUT2D eigenvalue weighted by Crippen LogP contribution is -2.43. The number of hydrogen-bond acceptors (Lipinski definition) is 6. The van der Waals surface area contributed by atoms with Crippen LogP contribution in [0.3, 0.4) is 0 Å². The molecule has 0 spiro atoms. The molecule has 8 nitrogen and oxygen atoms in total. The van der Waals surface area contributed by atoms with Gasteiger partial charge in [-0.05, 0) is 30.7 Å². The van der Waals surface area contributed by atoms with Crippen molar-refractivity contribution in [2.75, 3.05) is 25.1 Å². The summed E-state index contributed by atoms with van der Waals surface area (Å²) in [6, 6.07) is 2.95. The van der Waals surface area contributed by atoms with Gasteiger partial charge in [-0.3, -0.25) is 4.79 Å². The van der Waals surface area contributed by atoms with Crippen LogP contribution >= 0.6 is 0 Å². The molecular formula is C14H17F3N2O6S2. The van der Waals surface area contributed by atoms with Crippen molar-refractivity contribution in [2.24, 2.45) is 0 Å². The number of likely N-dealkylation sites (N-methyl/N-ethyl adjacent to an activating group) is 1. The molecule has 1 aliphatic rings. The summed E-state index contributed by atoms with van der Waals surface area (Å²) in [4.78, 5) is 12.9. The first-order valence-electron chi connectivity index (χ1n) is 7.61. The fourth-order valence-electron chi connectivity index (χ4n) is 2.47. The molecule has 0 radical (unpaired) electrons. The summed E-state index contributed by atoms with van der Waals surface area (Å²) >= 11 is 0. The van der Waals surface area contributed by atoms with Crippen LogP contribution in [0, 0.1) is 0 Å². The van der Waals surface area contributed by atoms with E-state index in [0.717, 1.165) is 24.3 Å². The number of carbonyl (C=O) groups excluding carboxylic acids is 1. The monoisotopic (exact) mass is 430 g/mol. The highest BCUT2D eigenvalue weighted by Gasteiger charge is 2.33. The van der Waals surface area contributed by atoms with E-state index in [4.69, 9.17) is 0 Å². The Morgan fingerprint density at radius 2 is 1.89 bits per heavy atom. The fraction of sp³-hybridized carbons (Fsp3) is 0.500. The smallest absolute Gasteiger partial charge is 0.406 e. The zero-order chi connectivity index (χ0) is 20.5. The molecule has 1 aliphatic heterocycles. The van der Waals surface area contributed by atoms with Crippen LogP contribution in [0.25, 0.3) is 0 Å². The molecule has 1 aromatic rings. The second-order valence-electron chi connectivity index (χ2n) is 5.91. The van der Waals surface area contributed by atoms with Crippen LogP contribution in [-0.4, -0.2) is 65.1 Å². The molecule has 0 bridgehead atoms. The van der Waals surface area contributed by atoms with E-state index in [-0.39, 0.29) is 22.8 Å². The van der Waals surface area contributed by atoms with Crippen LogP contribution in [0.2, 0.25) is 0 Å². The van der Waals surface area contributed by atoms with Crippen molar-refractivity contribution in [2.45, 2.75) is 23.7 Å². The molecule has 0 aromatic heterocycles. The Balaban J connectivity index is 1.97. The third-order valence-electron chi connectivity index (χ3n) is 3.93. The lowest BCUT2D eigenvalue weighted by Gasteiger charge is -2.23. The number of carbonyl (C=O) groups is 1. The van der Waals surface area contributed by atoms with Crippen molar-refractivity contribution in [3.05, 3.63) is 24.3 Å². The van der Waals surface area contributed by atoms with E-state index in [0.29, 0.717) is 0 Å². The topological polar surface area (TPSA) is 110 Å². The molecule has 1 atom stereocenters. The maximum atomic E-state index is 12.1. The average molecular weight is 430 g/mol. The van der Waals surface area contributed by atoms with Crippen molar-refractivity contribution >= 4 is 25.8 Å². The van der Waals surface area contributed by atoms with Crippen LogP contribution in [0.1, 0.15) is 6.42 Å². The van der Waals surface area contributed by atoms with Gasteiger partial charge in [-0.1, -0.05) is 0 Å². The molecule has 1 aromatic carbocycles. The van der Waals surface area contributed by atoms with Crippen LogP contribution in [-0.2, 0) is 24.7 Å². The van der Waals surface area contributed by atoms with Crippen molar-refractivity contribution in [1.82, 2.24) is 9.62 Å².